The molecule has 2 N–H and O–H groups in total. The number of hydrogen-bond donors (Lipinski definition) is 1. The average Bonchev–Trinajstić information content (AvgIpc) is 2.44. The van der Waals surface area contributed by atoms with E-state index in [0.29, 0.717) is 12.8 Å². The molecule has 0 aliphatic heterocycles. The Morgan fingerprint density at radius 1 is 1.21 bits per heavy atom. The van der Waals surface area contributed by atoms with Crippen LogP contribution in [0.4, 0.5) is 0 Å². The maximum Gasteiger partial charge on any atom is 0.163 e. The molecule has 2 aromatic carbocycles. The maximum absolute atomic E-state index is 11.8. The van der Waals surface area contributed by atoms with E-state index in [0.717, 1.165) is 12.0 Å². The molecule has 2 aromatic rings. The summed E-state index contributed by atoms with van der Waals surface area (Å²) in [4.78, 5) is 16.7. The first-order chi connectivity index (χ1) is 9.24. The predicted octanol–water partition coefficient (Wildman–Crippen LogP) is 3.01. The highest BCUT2D eigenvalue weighted by molar-refractivity contribution is 5.85. The Kier molecular flexibility index (Phi) is 4.66. The number of nitrogens with two attached hydrogens (primary N) is 1. The minimum Gasteiger partial charge on any atom is -0.297 e. The number of carbonyl (C=O) groups is 1. The van der Waals surface area contributed by atoms with Gasteiger partial charge in [0.2, 0.25) is 0 Å². The Labute approximate surface area is 113 Å². The largest absolute Gasteiger partial charge is 0.297 e. The van der Waals surface area contributed by atoms with Crippen molar-refractivity contribution in [2.45, 2.75) is 32.3 Å². The van der Waals surface area contributed by atoms with Crippen molar-refractivity contribution >= 4 is 16.6 Å². The number of ketones is 1. The molecule has 0 aliphatic carbocycles. The molecule has 0 saturated heterocycles. The molecule has 0 aromatic heterocycles. The molecular formula is C16H19NO2. The molecule has 0 saturated carbocycles. The van der Waals surface area contributed by atoms with Crippen molar-refractivity contribution in [2.75, 3.05) is 0 Å². The van der Waals surface area contributed by atoms with Gasteiger partial charge in [0.25, 0.3) is 0 Å². The van der Waals surface area contributed by atoms with Crippen LogP contribution in [0, 0.1) is 0 Å². The fourth-order valence-corrected chi connectivity index (χ4v) is 2.23. The molecule has 19 heavy (non-hydrogen) atoms. The van der Waals surface area contributed by atoms with Crippen molar-refractivity contribution in [3.05, 3.63) is 48.0 Å². The predicted molar refractivity (Wildman–Crippen MR) is 76.6 cm³/mol. The smallest absolute Gasteiger partial charge is 0.163 e. The monoisotopic (exact) mass is 257 g/mol. The summed E-state index contributed by atoms with van der Waals surface area (Å²) in [5, 5.41) is 2.36. The molecule has 0 radical (unpaired) electrons. The summed E-state index contributed by atoms with van der Waals surface area (Å²) in [7, 11) is 0. The van der Waals surface area contributed by atoms with E-state index in [1.165, 1.54) is 10.8 Å². The molecule has 0 spiro atoms. The van der Waals surface area contributed by atoms with Crippen LogP contribution < -0.4 is 5.90 Å². The number of hydrogen-bond acceptors (Lipinski definition) is 3. The fourth-order valence-electron chi connectivity index (χ4n) is 2.23. The summed E-state index contributed by atoms with van der Waals surface area (Å²) >= 11 is 0. The van der Waals surface area contributed by atoms with Gasteiger partial charge in [-0.1, -0.05) is 49.4 Å². The van der Waals surface area contributed by atoms with E-state index < -0.39 is 6.10 Å². The second-order valence-electron chi connectivity index (χ2n) is 4.73. The van der Waals surface area contributed by atoms with Crippen LogP contribution in [-0.4, -0.2) is 11.9 Å². The summed E-state index contributed by atoms with van der Waals surface area (Å²) in [5.41, 5.74) is 1.07. The zero-order valence-corrected chi connectivity index (χ0v) is 11.1. The Morgan fingerprint density at radius 3 is 2.63 bits per heavy atom. The Bertz CT molecular complexity index is 565. The van der Waals surface area contributed by atoms with Crippen LogP contribution in [0.5, 0.6) is 0 Å². The lowest BCUT2D eigenvalue weighted by Crippen LogP contribution is -2.29. The molecule has 0 amide bonds. The van der Waals surface area contributed by atoms with Gasteiger partial charge in [-0.05, 0) is 22.8 Å². The maximum atomic E-state index is 11.8. The van der Waals surface area contributed by atoms with Gasteiger partial charge in [0.15, 0.2) is 5.78 Å². The van der Waals surface area contributed by atoms with Gasteiger partial charge in [-0.15, -0.1) is 0 Å². The minimum absolute atomic E-state index is 0.0677. The highest BCUT2D eigenvalue weighted by Crippen LogP contribution is 2.17. The van der Waals surface area contributed by atoms with Crippen LogP contribution in [0.25, 0.3) is 10.8 Å². The molecule has 2 rings (SSSR count). The quantitative estimate of drug-likeness (QED) is 0.809. The van der Waals surface area contributed by atoms with E-state index in [9.17, 15) is 4.79 Å². The Balaban J connectivity index is 2.17. The summed E-state index contributed by atoms with van der Waals surface area (Å²) < 4.78 is 0. The average molecular weight is 257 g/mol. The van der Waals surface area contributed by atoms with E-state index in [1.54, 1.807) is 0 Å². The van der Waals surface area contributed by atoms with Crippen molar-refractivity contribution in [2.24, 2.45) is 5.90 Å². The van der Waals surface area contributed by atoms with E-state index in [1.807, 2.05) is 25.1 Å². The van der Waals surface area contributed by atoms with Gasteiger partial charge in [0.1, 0.15) is 6.10 Å². The van der Waals surface area contributed by atoms with E-state index >= 15 is 0 Å². The van der Waals surface area contributed by atoms with Crippen LogP contribution >= 0.6 is 0 Å². The normalized spacial score (nSPS) is 12.5. The summed E-state index contributed by atoms with van der Waals surface area (Å²) in [6.45, 7) is 1.97. The van der Waals surface area contributed by atoms with Crippen LogP contribution in [-0.2, 0) is 16.1 Å². The SMILES string of the molecule is CCCC(=O)C(Cc1ccc2ccccc2c1)ON. The number of benzene rings is 2. The second kappa shape index (κ2) is 6.45. The number of rotatable bonds is 6. The van der Waals surface area contributed by atoms with E-state index in [-0.39, 0.29) is 5.78 Å². The van der Waals surface area contributed by atoms with Crippen LogP contribution in [0.3, 0.4) is 0 Å². The molecule has 1 atom stereocenters. The van der Waals surface area contributed by atoms with Gasteiger partial charge in [0.05, 0.1) is 0 Å². The van der Waals surface area contributed by atoms with E-state index in [4.69, 9.17) is 10.7 Å². The highest BCUT2D eigenvalue weighted by Gasteiger charge is 2.18. The van der Waals surface area contributed by atoms with E-state index in [2.05, 4.69) is 24.3 Å². The van der Waals surface area contributed by atoms with Crippen molar-refractivity contribution in [1.29, 1.82) is 0 Å². The third-order valence-corrected chi connectivity index (χ3v) is 3.25. The van der Waals surface area contributed by atoms with Gasteiger partial charge in [-0.2, -0.15) is 0 Å². The second-order valence-corrected chi connectivity index (χ2v) is 4.73. The van der Waals surface area contributed by atoms with Gasteiger partial charge >= 0.3 is 0 Å². The Morgan fingerprint density at radius 2 is 1.95 bits per heavy atom. The minimum atomic E-state index is -0.541. The Hall–Kier alpha value is -1.71. The highest BCUT2D eigenvalue weighted by atomic mass is 16.6. The summed E-state index contributed by atoms with van der Waals surface area (Å²) in [6.07, 6.45) is 1.31. The summed E-state index contributed by atoms with van der Waals surface area (Å²) in [5.74, 6) is 5.31. The lowest BCUT2D eigenvalue weighted by Gasteiger charge is -2.13. The molecule has 0 aliphatic rings. The van der Waals surface area contributed by atoms with Crippen LogP contribution in [0.1, 0.15) is 25.3 Å². The molecule has 3 nitrogen and oxygen atoms in total. The first-order valence-corrected chi connectivity index (χ1v) is 6.60. The third kappa shape index (κ3) is 3.40. The van der Waals surface area contributed by atoms with Gasteiger partial charge in [-0.25, -0.2) is 5.90 Å². The van der Waals surface area contributed by atoms with Crippen LogP contribution in [0.15, 0.2) is 42.5 Å². The number of Topliss-reactive ketones (excluding diaryl/α,β-unsaturated/α-hetero) is 1. The fraction of sp³-hybridized carbons (Fsp3) is 0.312. The van der Waals surface area contributed by atoms with Crippen molar-refractivity contribution < 1.29 is 9.63 Å². The number of fused-ring (bicyclic) bond motifs is 1. The first-order valence-electron chi connectivity index (χ1n) is 6.60. The standard InChI is InChI=1S/C16H19NO2/c1-2-5-15(18)16(19-17)11-12-8-9-13-6-3-4-7-14(13)10-12/h3-4,6-10,16H,2,5,11,17H2,1H3. The topological polar surface area (TPSA) is 52.3 Å². The number of carbonyl (C=O) groups excluding carboxylic acids is 1. The molecule has 0 bridgehead atoms. The van der Waals surface area contributed by atoms with Gasteiger partial charge in [-0.3, -0.25) is 9.63 Å². The summed E-state index contributed by atoms with van der Waals surface area (Å²) in [6, 6.07) is 14.3. The zero-order chi connectivity index (χ0) is 13.7. The lowest BCUT2D eigenvalue weighted by atomic mass is 9.99. The van der Waals surface area contributed by atoms with Crippen LogP contribution in [0.2, 0.25) is 0 Å². The molecule has 0 fully saturated rings. The zero-order valence-electron chi connectivity index (χ0n) is 11.1. The van der Waals surface area contributed by atoms with Crippen molar-refractivity contribution in [3.8, 4) is 0 Å². The molecule has 0 heterocycles. The van der Waals surface area contributed by atoms with Gasteiger partial charge in [0, 0.05) is 12.8 Å². The first kappa shape index (κ1) is 13.7. The molecule has 1 unspecified atom stereocenters. The van der Waals surface area contributed by atoms with Crippen molar-refractivity contribution in [3.63, 3.8) is 0 Å². The molecule has 3 heteroatoms. The third-order valence-electron chi connectivity index (χ3n) is 3.25. The van der Waals surface area contributed by atoms with Crippen molar-refractivity contribution in [1.82, 2.24) is 0 Å². The van der Waals surface area contributed by atoms with Gasteiger partial charge < -0.3 is 0 Å². The lowest BCUT2D eigenvalue weighted by molar-refractivity contribution is -0.130. The molecular weight excluding hydrogens is 238 g/mol. The molecule has 100 valence electrons.